The Bertz CT molecular complexity index is 678. The average Bonchev–Trinajstić information content (AvgIpc) is 2.87. The number of H-pyrrole nitrogens is 1. The number of likely N-dealkylation sites (tertiary alicyclic amines) is 1. The molecule has 0 radical (unpaired) electrons. The number of aromatic amines is 1. The fraction of sp³-hybridized carbons (Fsp3) is 0.438. The van der Waals surface area contributed by atoms with Crippen molar-refractivity contribution in [3.63, 3.8) is 0 Å². The van der Waals surface area contributed by atoms with Gasteiger partial charge in [-0.2, -0.15) is 0 Å². The Balaban J connectivity index is 2.08. The maximum Gasteiger partial charge on any atom is 0.256 e. The van der Waals surface area contributed by atoms with E-state index in [2.05, 4.69) is 16.8 Å². The number of aliphatic hydroxyl groups is 1. The molecule has 106 valence electrons. The van der Waals surface area contributed by atoms with Crippen LogP contribution in [0.25, 0.3) is 10.8 Å². The summed E-state index contributed by atoms with van der Waals surface area (Å²) in [5.41, 5.74) is 2.19. The van der Waals surface area contributed by atoms with Crippen molar-refractivity contribution < 1.29 is 5.11 Å². The monoisotopic (exact) mass is 272 g/mol. The topological polar surface area (TPSA) is 56.3 Å². The van der Waals surface area contributed by atoms with Gasteiger partial charge in [0.1, 0.15) is 0 Å². The van der Waals surface area contributed by atoms with E-state index in [-0.39, 0.29) is 11.7 Å². The summed E-state index contributed by atoms with van der Waals surface area (Å²) in [6, 6.07) is 7.76. The standard InChI is InChI=1S/C16H20N2O2/c1-2-15-14(10-18-8-7-11(19)9-18)12-5-3-4-6-13(12)16(20)17-15/h3-6,11,19H,2,7-10H2,1H3,(H,17,20)/t11-/m0/s1. The van der Waals surface area contributed by atoms with Crippen molar-refractivity contribution in [2.75, 3.05) is 13.1 Å². The summed E-state index contributed by atoms with van der Waals surface area (Å²) < 4.78 is 0. The molecule has 20 heavy (non-hydrogen) atoms. The van der Waals surface area contributed by atoms with Crippen LogP contribution in [0.15, 0.2) is 29.1 Å². The zero-order valence-corrected chi connectivity index (χ0v) is 11.7. The number of aromatic nitrogens is 1. The van der Waals surface area contributed by atoms with Crippen LogP contribution in [0.3, 0.4) is 0 Å². The van der Waals surface area contributed by atoms with Gasteiger partial charge in [0, 0.05) is 30.7 Å². The van der Waals surface area contributed by atoms with E-state index in [0.29, 0.717) is 0 Å². The van der Waals surface area contributed by atoms with Crippen LogP contribution < -0.4 is 5.56 Å². The van der Waals surface area contributed by atoms with Crippen molar-refractivity contribution in [3.8, 4) is 0 Å². The summed E-state index contributed by atoms with van der Waals surface area (Å²) in [6.45, 7) is 4.48. The Morgan fingerprint density at radius 1 is 1.35 bits per heavy atom. The Hall–Kier alpha value is -1.65. The van der Waals surface area contributed by atoms with Crippen LogP contribution >= 0.6 is 0 Å². The summed E-state index contributed by atoms with van der Waals surface area (Å²) in [5.74, 6) is 0. The maximum absolute atomic E-state index is 12.1. The molecule has 1 aliphatic heterocycles. The number of β-amino-alcohol motifs (C(OH)–C–C–N with tert-alkyl or cyclic N) is 1. The van der Waals surface area contributed by atoms with Gasteiger partial charge in [-0.3, -0.25) is 9.69 Å². The highest BCUT2D eigenvalue weighted by Gasteiger charge is 2.22. The van der Waals surface area contributed by atoms with Crippen molar-refractivity contribution in [2.45, 2.75) is 32.4 Å². The Morgan fingerprint density at radius 2 is 2.10 bits per heavy atom. The lowest BCUT2D eigenvalue weighted by Crippen LogP contribution is -2.24. The summed E-state index contributed by atoms with van der Waals surface area (Å²) >= 11 is 0. The Kier molecular flexibility index (Phi) is 3.59. The predicted molar refractivity (Wildman–Crippen MR) is 79.8 cm³/mol. The first-order chi connectivity index (χ1) is 9.69. The van der Waals surface area contributed by atoms with Crippen LogP contribution in [0.1, 0.15) is 24.6 Å². The lowest BCUT2D eigenvalue weighted by atomic mass is 10.0. The van der Waals surface area contributed by atoms with E-state index in [1.54, 1.807) is 0 Å². The molecule has 1 aliphatic rings. The number of pyridine rings is 1. The van der Waals surface area contributed by atoms with Crippen LogP contribution in [0.4, 0.5) is 0 Å². The largest absolute Gasteiger partial charge is 0.392 e. The first-order valence-electron chi connectivity index (χ1n) is 7.22. The van der Waals surface area contributed by atoms with Gasteiger partial charge in [-0.25, -0.2) is 0 Å². The van der Waals surface area contributed by atoms with Crippen molar-refractivity contribution in [1.82, 2.24) is 9.88 Å². The van der Waals surface area contributed by atoms with E-state index in [0.717, 1.165) is 48.9 Å². The van der Waals surface area contributed by atoms with E-state index in [1.807, 2.05) is 24.3 Å². The average molecular weight is 272 g/mol. The molecule has 1 aromatic carbocycles. The van der Waals surface area contributed by atoms with Crippen molar-refractivity contribution in [3.05, 3.63) is 45.9 Å². The third-order valence-electron chi connectivity index (χ3n) is 4.11. The van der Waals surface area contributed by atoms with Gasteiger partial charge < -0.3 is 10.1 Å². The quantitative estimate of drug-likeness (QED) is 0.893. The lowest BCUT2D eigenvalue weighted by molar-refractivity contribution is 0.175. The summed E-state index contributed by atoms with van der Waals surface area (Å²) in [6.07, 6.45) is 1.43. The van der Waals surface area contributed by atoms with E-state index >= 15 is 0 Å². The van der Waals surface area contributed by atoms with Gasteiger partial charge in [-0.1, -0.05) is 25.1 Å². The minimum Gasteiger partial charge on any atom is -0.392 e. The molecule has 2 heterocycles. The van der Waals surface area contributed by atoms with E-state index in [9.17, 15) is 9.90 Å². The zero-order valence-electron chi connectivity index (χ0n) is 11.7. The SMILES string of the molecule is CCc1[nH]c(=O)c2ccccc2c1CN1CC[C@H](O)C1. The molecule has 0 aliphatic carbocycles. The number of nitrogens with zero attached hydrogens (tertiary/aromatic N) is 1. The van der Waals surface area contributed by atoms with Crippen LogP contribution in [-0.4, -0.2) is 34.2 Å². The second kappa shape index (κ2) is 5.38. The molecule has 1 saturated heterocycles. The molecular weight excluding hydrogens is 252 g/mol. The van der Waals surface area contributed by atoms with Crippen LogP contribution in [0, 0.1) is 0 Å². The minimum atomic E-state index is -0.214. The van der Waals surface area contributed by atoms with Gasteiger partial charge in [-0.05, 0) is 29.9 Å². The van der Waals surface area contributed by atoms with Crippen molar-refractivity contribution in [1.29, 1.82) is 0 Å². The number of aryl methyl sites for hydroxylation is 1. The number of hydrogen-bond acceptors (Lipinski definition) is 3. The number of benzene rings is 1. The fourth-order valence-corrected chi connectivity index (χ4v) is 3.05. The second-order valence-corrected chi connectivity index (χ2v) is 5.49. The molecule has 1 fully saturated rings. The molecular formula is C16H20N2O2. The first kappa shape index (κ1) is 13.3. The molecule has 2 N–H and O–H groups in total. The third kappa shape index (κ3) is 2.37. The predicted octanol–water partition coefficient (Wildman–Crippen LogP) is 1.66. The van der Waals surface area contributed by atoms with Gasteiger partial charge in [0.05, 0.1) is 6.10 Å². The second-order valence-electron chi connectivity index (χ2n) is 5.49. The number of aliphatic hydroxyl groups excluding tert-OH is 1. The highest BCUT2D eigenvalue weighted by Crippen LogP contribution is 2.22. The highest BCUT2D eigenvalue weighted by atomic mass is 16.3. The van der Waals surface area contributed by atoms with E-state index in [4.69, 9.17) is 0 Å². The van der Waals surface area contributed by atoms with E-state index in [1.165, 1.54) is 5.56 Å². The molecule has 4 nitrogen and oxygen atoms in total. The Labute approximate surface area is 118 Å². The molecule has 0 amide bonds. The number of fused-ring (bicyclic) bond motifs is 1. The van der Waals surface area contributed by atoms with Gasteiger partial charge in [0.15, 0.2) is 0 Å². The Morgan fingerprint density at radius 3 is 2.75 bits per heavy atom. The molecule has 1 aromatic heterocycles. The minimum absolute atomic E-state index is 0.0114. The van der Waals surface area contributed by atoms with Gasteiger partial charge in [0.25, 0.3) is 5.56 Å². The smallest absolute Gasteiger partial charge is 0.256 e. The van der Waals surface area contributed by atoms with Gasteiger partial charge >= 0.3 is 0 Å². The van der Waals surface area contributed by atoms with E-state index < -0.39 is 0 Å². The highest BCUT2D eigenvalue weighted by molar-refractivity contribution is 5.85. The first-order valence-corrected chi connectivity index (χ1v) is 7.22. The molecule has 1 atom stereocenters. The summed E-state index contributed by atoms with van der Waals surface area (Å²) in [7, 11) is 0. The van der Waals surface area contributed by atoms with Crippen LogP contribution in [-0.2, 0) is 13.0 Å². The van der Waals surface area contributed by atoms with Gasteiger partial charge in [0.2, 0.25) is 0 Å². The molecule has 0 bridgehead atoms. The zero-order chi connectivity index (χ0) is 14.1. The normalized spacial score (nSPS) is 19.8. The lowest BCUT2D eigenvalue weighted by Gasteiger charge is -2.19. The fourth-order valence-electron chi connectivity index (χ4n) is 3.05. The molecule has 0 spiro atoms. The molecule has 0 saturated carbocycles. The van der Waals surface area contributed by atoms with Crippen LogP contribution in [0.2, 0.25) is 0 Å². The maximum atomic E-state index is 12.1. The molecule has 3 rings (SSSR count). The summed E-state index contributed by atoms with van der Waals surface area (Å²) in [4.78, 5) is 17.4. The number of rotatable bonds is 3. The van der Waals surface area contributed by atoms with Gasteiger partial charge in [-0.15, -0.1) is 0 Å². The van der Waals surface area contributed by atoms with Crippen molar-refractivity contribution >= 4 is 10.8 Å². The molecule has 2 aromatic rings. The number of nitrogens with one attached hydrogen (secondary N) is 1. The third-order valence-corrected chi connectivity index (χ3v) is 4.11. The van der Waals surface area contributed by atoms with Crippen molar-refractivity contribution in [2.24, 2.45) is 0 Å². The number of hydrogen-bond donors (Lipinski definition) is 2. The molecule has 0 unspecified atom stereocenters. The summed E-state index contributed by atoms with van der Waals surface area (Å²) in [5, 5.41) is 11.4. The molecule has 4 heteroatoms. The van der Waals surface area contributed by atoms with Crippen LogP contribution in [0.5, 0.6) is 0 Å².